The highest BCUT2D eigenvalue weighted by molar-refractivity contribution is 6.21. The van der Waals surface area contributed by atoms with Crippen molar-refractivity contribution in [3.8, 4) is 0 Å². The highest BCUT2D eigenvalue weighted by atomic mass is 16.6. The second-order valence-electron chi connectivity index (χ2n) is 7.66. The molecule has 0 aliphatic carbocycles. The predicted molar refractivity (Wildman–Crippen MR) is 94.0 cm³/mol. The summed E-state index contributed by atoms with van der Waals surface area (Å²) in [7, 11) is 1.56. The van der Waals surface area contributed by atoms with Crippen molar-refractivity contribution in [3.05, 3.63) is 35.4 Å². The van der Waals surface area contributed by atoms with Crippen LogP contribution in [0, 0.1) is 0 Å². The molecule has 2 atom stereocenters. The summed E-state index contributed by atoms with van der Waals surface area (Å²) in [6, 6.07) is 6.32. The standard InChI is InChI=1S/C19H24N2O5/c1-19(2,3)26-18(24)20-10-12(9-13(11-20)25-4)21-16(22)14-7-5-6-8-15(14)17(21)23/h5-8,12-13H,9-11H2,1-4H3/t12-,13-/m1/s1. The van der Waals surface area contributed by atoms with Crippen LogP contribution in [0.15, 0.2) is 24.3 Å². The van der Waals surface area contributed by atoms with Gasteiger partial charge in [-0.3, -0.25) is 14.5 Å². The second-order valence-corrected chi connectivity index (χ2v) is 7.66. The number of nitrogens with zero attached hydrogens (tertiary/aromatic N) is 2. The summed E-state index contributed by atoms with van der Waals surface area (Å²) in [5.41, 5.74) is 0.184. The molecule has 7 nitrogen and oxygen atoms in total. The lowest BCUT2D eigenvalue weighted by Gasteiger charge is -2.40. The van der Waals surface area contributed by atoms with E-state index >= 15 is 0 Å². The van der Waals surface area contributed by atoms with Crippen LogP contribution < -0.4 is 0 Å². The van der Waals surface area contributed by atoms with Gasteiger partial charge in [0.25, 0.3) is 11.8 Å². The fraction of sp³-hybridized carbons (Fsp3) is 0.526. The van der Waals surface area contributed by atoms with Crippen molar-refractivity contribution in [1.82, 2.24) is 9.80 Å². The normalized spacial score (nSPS) is 23.2. The van der Waals surface area contributed by atoms with Crippen LogP contribution in [0.4, 0.5) is 4.79 Å². The maximum Gasteiger partial charge on any atom is 0.410 e. The Balaban J connectivity index is 1.82. The van der Waals surface area contributed by atoms with E-state index in [4.69, 9.17) is 9.47 Å². The first-order chi connectivity index (χ1) is 12.2. The minimum atomic E-state index is -0.623. The largest absolute Gasteiger partial charge is 0.444 e. The Hall–Kier alpha value is -2.41. The highest BCUT2D eigenvalue weighted by Gasteiger charge is 2.44. The van der Waals surface area contributed by atoms with Gasteiger partial charge in [-0.05, 0) is 39.3 Å². The molecule has 0 aromatic heterocycles. The molecular weight excluding hydrogens is 336 g/mol. The summed E-state index contributed by atoms with van der Waals surface area (Å²) in [5, 5.41) is 0. The Morgan fingerprint density at radius 3 is 2.15 bits per heavy atom. The average molecular weight is 360 g/mol. The number of amides is 3. The van der Waals surface area contributed by atoms with Gasteiger partial charge in [0.1, 0.15) is 5.60 Å². The number of carbonyl (C=O) groups is 3. The first-order valence-corrected chi connectivity index (χ1v) is 8.69. The van der Waals surface area contributed by atoms with E-state index in [-0.39, 0.29) is 24.5 Å². The van der Waals surface area contributed by atoms with Gasteiger partial charge in [0, 0.05) is 13.7 Å². The Bertz CT molecular complexity index is 705. The number of hydrogen-bond donors (Lipinski definition) is 0. The van der Waals surface area contributed by atoms with Crippen molar-refractivity contribution in [2.45, 2.75) is 44.9 Å². The number of methoxy groups -OCH3 is 1. The number of rotatable bonds is 2. The maximum absolute atomic E-state index is 12.7. The lowest BCUT2D eigenvalue weighted by Crippen LogP contribution is -2.56. The van der Waals surface area contributed by atoms with Gasteiger partial charge in [-0.1, -0.05) is 12.1 Å². The van der Waals surface area contributed by atoms with Gasteiger partial charge < -0.3 is 14.4 Å². The van der Waals surface area contributed by atoms with E-state index < -0.39 is 17.7 Å². The first kappa shape index (κ1) is 18.4. The van der Waals surface area contributed by atoms with E-state index in [1.165, 1.54) is 9.80 Å². The molecule has 0 N–H and O–H groups in total. The summed E-state index contributed by atoms with van der Waals surface area (Å²) in [4.78, 5) is 40.7. The number of fused-ring (bicyclic) bond motifs is 1. The fourth-order valence-corrected chi connectivity index (χ4v) is 3.40. The van der Waals surface area contributed by atoms with E-state index in [2.05, 4.69) is 0 Å². The smallest absolute Gasteiger partial charge is 0.410 e. The van der Waals surface area contributed by atoms with Crippen molar-refractivity contribution in [3.63, 3.8) is 0 Å². The minimum Gasteiger partial charge on any atom is -0.444 e. The van der Waals surface area contributed by atoms with Crippen LogP contribution >= 0.6 is 0 Å². The zero-order valence-corrected chi connectivity index (χ0v) is 15.5. The predicted octanol–water partition coefficient (Wildman–Crippen LogP) is 2.31. The van der Waals surface area contributed by atoms with Gasteiger partial charge in [0.2, 0.25) is 0 Å². The number of ether oxygens (including phenoxy) is 2. The van der Waals surface area contributed by atoms with Crippen molar-refractivity contribution in [2.75, 3.05) is 20.2 Å². The number of hydrogen-bond acceptors (Lipinski definition) is 5. The minimum absolute atomic E-state index is 0.236. The first-order valence-electron chi connectivity index (χ1n) is 8.69. The topological polar surface area (TPSA) is 76.2 Å². The summed E-state index contributed by atoms with van der Waals surface area (Å²) in [5.74, 6) is -0.645. The average Bonchev–Trinajstić information content (AvgIpc) is 2.84. The molecule has 1 saturated heterocycles. The molecule has 1 aromatic carbocycles. The third-order valence-corrected chi connectivity index (χ3v) is 4.57. The SMILES string of the molecule is CO[C@@H]1C[C@@H](N2C(=O)c3ccccc3C2=O)CN(C(=O)OC(C)(C)C)C1. The molecule has 7 heteroatoms. The molecule has 0 radical (unpaired) electrons. The number of benzene rings is 1. The number of likely N-dealkylation sites (tertiary alicyclic amines) is 1. The lowest BCUT2D eigenvalue weighted by atomic mass is 10.0. The Morgan fingerprint density at radius 2 is 1.65 bits per heavy atom. The monoisotopic (exact) mass is 360 g/mol. The quantitative estimate of drug-likeness (QED) is 0.757. The lowest BCUT2D eigenvalue weighted by molar-refractivity contribution is -0.0246. The van der Waals surface area contributed by atoms with Crippen LogP contribution in [0.25, 0.3) is 0 Å². The molecule has 2 heterocycles. The molecule has 3 amide bonds. The molecule has 140 valence electrons. The zero-order chi connectivity index (χ0) is 19.1. The molecule has 1 fully saturated rings. The van der Waals surface area contributed by atoms with Crippen molar-refractivity contribution >= 4 is 17.9 Å². The van der Waals surface area contributed by atoms with Gasteiger partial charge in [-0.25, -0.2) is 4.79 Å². The van der Waals surface area contributed by atoms with Crippen LogP contribution in [-0.4, -0.2) is 65.7 Å². The summed E-state index contributed by atoms with van der Waals surface area (Å²) < 4.78 is 10.9. The van der Waals surface area contributed by atoms with E-state index in [9.17, 15) is 14.4 Å². The van der Waals surface area contributed by atoms with E-state index in [1.54, 1.807) is 52.1 Å². The molecule has 2 aliphatic heterocycles. The molecule has 2 aliphatic rings. The number of imide groups is 1. The Labute approximate surface area is 152 Å². The van der Waals surface area contributed by atoms with Crippen LogP contribution in [0.3, 0.4) is 0 Å². The molecule has 0 spiro atoms. The Morgan fingerprint density at radius 1 is 1.08 bits per heavy atom. The van der Waals surface area contributed by atoms with Crippen LogP contribution in [0.2, 0.25) is 0 Å². The van der Waals surface area contributed by atoms with Gasteiger partial charge in [0.05, 0.1) is 29.8 Å². The van der Waals surface area contributed by atoms with Crippen LogP contribution in [0.5, 0.6) is 0 Å². The molecular formula is C19H24N2O5. The fourth-order valence-electron chi connectivity index (χ4n) is 3.40. The van der Waals surface area contributed by atoms with Crippen molar-refractivity contribution < 1.29 is 23.9 Å². The van der Waals surface area contributed by atoms with Gasteiger partial charge in [-0.15, -0.1) is 0 Å². The number of piperidine rings is 1. The van der Waals surface area contributed by atoms with E-state index in [0.717, 1.165) is 0 Å². The van der Waals surface area contributed by atoms with E-state index in [1.807, 2.05) is 0 Å². The summed E-state index contributed by atoms with van der Waals surface area (Å²) in [6.07, 6.45) is -0.257. The van der Waals surface area contributed by atoms with Crippen LogP contribution in [0.1, 0.15) is 47.9 Å². The third-order valence-electron chi connectivity index (χ3n) is 4.57. The summed E-state index contributed by atoms with van der Waals surface area (Å²) in [6.45, 7) is 5.99. The van der Waals surface area contributed by atoms with Gasteiger partial charge in [-0.2, -0.15) is 0 Å². The second kappa shape index (κ2) is 6.72. The van der Waals surface area contributed by atoms with Gasteiger partial charge >= 0.3 is 6.09 Å². The highest BCUT2D eigenvalue weighted by Crippen LogP contribution is 2.29. The van der Waals surface area contributed by atoms with Crippen molar-refractivity contribution in [2.24, 2.45) is 0 Å². The Kier molecular flexibility index (Phi) is 4.75. The molecule has 0 saturated carbocycles. The molecule has 0 unspecified atom stereocenters. The molecule has 26 heavy (non-hydrogen) atoms. The van der Waals surface area contributed by atoms with Crippen molar-refractivity contribution in [1.29, 1.82) is 0 Å². The maximum atomic E-state index is 12.7. The third kappa shape index (κ3) is 3.44. The zero-order valence-electron chi connectivity index (χ0n) is 15.5. The van der Waals surface area contributed by atoms with E-state index in [0.29, 0.717) is 24.1 Å². The molecule has 0 bridgehead atoms. The number of carbonyl (C=O) groups excluding carboxylic acids is 3. The van der Waals surface area contributed by atoms with Crippen LogP contribution in [-0.2, 0) is 9.47 Å². The molecule has 3 rings (SSSR count). The molecule has 1 aromatic rings. The summed E-state index contributed by atoms with van der Waals surface area (Å²) >= 11 is 0. The van der Waals surface area contributed by atoms with Gasteiger partial charge in [0.15, 0.2) is 0 Å².